The molecule has 7 heteroatoms. The van der Waals surface area contributed by atoms with Crippen molar-refractivity contribution in [2.45, 2.75) is 32.2 Å². The van der Waals surface area contributed by atoms with Crippen LogP contribution in [-0.2, 0) is 6.42 Å². The van der Waals surface area contributed by atoms with E-state index >= 15 is 0 Å². The van der Waals surface area contributed by atoms with Crippen LogP contribution >= 0.6 is 11.6 Å². The fourth-order valence-corrected chi connectivity index (χ4v) is 3.15. The molecule has 1 aliphatic heterocycles. The summed E-state index contributed by atoms with van der Waals surface area (Å²) in [6.07, 6.45) is 5.12. The van der Waals surface area contributed by atoms with Crippen LogP contribution in [0.25, 0.3) is 0 Å². The fraction of sp³-hybridized carbons (Fsp3) is 0.467. The Labute approximate surface area is 135 Å². The number of piperidine rings is 1. The molecule has 22 heavy (non-hydrogen) atoms. The van der Waals surface area contributed by atoms with Gasteiger partial charge in [0.15, 0.2) is 0 Å². The molecule has 1 aromatic carbocycles. The van der Waals surface area contributed by atoms with Gasteiger partial charge < -0.3 is 16.2 Å². The van der Waals surface area contributed by atoms with Crippen molar-refractivity contribution in [1.29, 1.82) is 0 Å². The van der Waals surface area contributed by atoms with E-state index < -0.39 is 0 Å². The zero-order chi connectivity index (χ0) is 14.8. The van der Waals surface area contributed by atoms with Gasteiger partial charge in [0.1, 0.15) is 6.33 Å². The first-order valence-electron chi connectivity index (χ1n) is 7.30. The number of anilines is 1. The molecular weight excluding hydrogens is 302 g/mol. The molecule has 2 atom stereocenters. The molecule has 0 amide bonds. The van der Waals surface area contributed by atoms with Gasteiger partial charge in [-0.3, -0.25) is 0 Å². The summed E-state index contributed by atoms with van der Waals surface area (Å²) in [6.45, 7) is 3.18. The molecule has 0 radical (unpaired) electrons. The molecule has 4 N–H and O–H groups in total. The van der Waals surface area contributed by atoms with E-state index in [4.69, 9.17) is 17.3 Å². The van der Waals surface area contributed by atoms with Crippen molar-refractivity contribution in [2.75, 3.05) is 17.3 Å². The summed E-state index contributed by atoms with van der Waals surface area (Å²) in [5.74, 6) is 1.05. The highest BCUT2D eigenvalue weighted by molar-refractivity contribution is 6.30. The number of nitrogens with two attached hydrogens (primary N) is 1. The molecule has 120 valence electrons. The number of rotatable bonds is 3. The van der Waals surface area contributed by atoms with Crippen LogP contribution in [0, 0.1) is 5.92 Å². The van der Waals surface area contributed by atoms with Crippen molar-refractivity contribution in [3.05, 3.63) is 41.2 Å². The predicted molar refractivity (Wildman–Crippen MR) is 88.5 cm³/mol. The van der Waals surface area contributed by atoms with Crippen LogP contribution in [-0.4, -0.2) is 32.9 Å². The Bertz CT molecular complexity index is 600. The van der Waals surface area contributed by atoms with Crippen LogP contribution in [0.5, 0.6) is 0 Å². The van der Waals surface area contributed by atoms with Crippen molar-refractivity contribution in [3.8, 4) is 0 Å². The van der Waals surface area contributed by atoms with E-state index in [0.717, 1.165) is 24.4 Å². The molecule has 0 spiro atoms. The van der Waals surface area contributed by atoms with Crippen molar-refractivity contribution in [1.82, 2.24) is 14.9 Å². The Kier molecular flexibility index (Phi) is 5.26. The molecule has 0 unspecified atom stereocenters. The second-order valence-corrected chi connectivity index (χ2v) is 6.22. The zero-order valence-corrected chi connectivity index (χ0v) is 13.4. The van der Waals surface area contributed by atoms with Crippen LogP contribution in [0.3, 0.4) is 0 Å². The van der Waals surface area contributed by atoms with Crippen LogP contribution in [0.2, 0.25) is 5.02 Å². The van der Waals surface area contributed by atoms with Gasteiger partial charge in [0, 0.05) is 17.6 Å². The summed E-state index contributed by atoms with van der Waals surface area (Å²) in [5.41, 5.74) is 7.21. The lowest BCUT2D eigenvalue weighted by Crippen LogP contribution is -2.49. The smallest absolute Gasteiger partial charge is 0.240 e. The molecule has 6 nitrogen and oxygen atoms in total. The van der Waals surface area contributed by atoms with E-state index in [0.29, 0.717) is 17.9 Å². The average molecular weight is 324 g/mol. The maximum atomic E-state index is 5.94. The van der Waals surface area contributed by atoms with Crippen molar-refractivity contribution in [3.63, 3.8) is 0 Å². The predicted octanol–water partition coefficient (Wildman–Crippen LogP) is 1.67. The van der Waals surface area contributed by atoms with Crippen molar-refractivity contribution in [2.24, 2.45) is 5.92 Å². The first kappa shape index (κ1) is 16.6. The molecule has 2 aromatic rings. The third-order valence-electron chi connectivity index (χ3n) is 4.22. The third kappa shape index (κ3) is 3.51. The average Bonchev–Trinajstić information content (AvgIpc) is 2.89. The minimum atomic E-state index is 0. The minimum Gasteiger partial charge on any atom is -0.412 e. The highest BCUT2D eigenvalue weighted by Gasteiger charge is 2.27. The Morgan fingerprint density at radius 2 is 2.00 bits per heavy atom. The number of nitrogens with zero attached hydrogens (tertiary/aromatic N) is 4. The number of hydrogen-bond acceptors (Lipinski definition) is 4. The van der Waals surface area contributed by atoms with Gasteiger partial charge in [-0.25, -0.2) is 4.68 Å². The summed E-state index contributed by atoms with van der Waals surface area (Å²) in [6, 6.07) is 8.58. The standard InChI is InChI=1S/C15H20ClN5.H2O/c1-11-2-3-13(8-12-4-6-14(16)7-5-12)9-20(11)21-10-18-19-15(21)17;/h4-7,10-11,13H,2-3,8-9H2,1H3,(H2,17,19);1H2/t11-,13-;/m0./s1. The van der Waals surface area contributed by atoms with Gasteiger partial charge in [-0.05, 0) is 49.8 Å². The monoisotopic (exact) mass is 323 g/mol. The first-order valence-corrected chi connectivity index (χ1v) is 7.68. The van der Waals surface area contributed by atoms with E-state index in [1.807, 2.05) is 16.8 Å². The van der Waals surface area contributed by atoms with Gasteiger partial charge in [0.05, 0.1) is 0 Å². The van der Waals surface area contributed by atoms with Gasteiger partial charge in [-0.2, -0.15) is 0 Å². The van der Waals surface area contributed by atoms with E-state index in [9.17, 15) is 0 Å². The van der Waals surface area contributed by atoms with E-state index in [2.05, 4.69) is 34.3 Å². The quantitative estimate of drug-likeness (QED) is 0.930. The maximum absolute atomic E-state index is 5.94. The van der Waals surface area contributed by atoms with Crippen LogP contribution in [0.15, 0.2) is 30.6 Å². The summed E-state index contributed by atoms with van der Waals surface area (Å²) in [4.78, 5) is 0. The second kappa shape index (κ2) is 6.98. The molecule has 1 aromatic heterocycles. The number of benzene rings is 1. The Morgan fingerprint density at radius 1 is 1.27 bits per heavy atom. The Morgan fingerprint density at radius 3 is 2.64 bits per heavy atom. The third-order valence-corrected chi connectivity index (χ3v) is 4.47. The molecule has 0 aliphatic carbocycles. The topological polar surface area (TPSA) is 91.5 Å². The van der Waals surface area contributed by atoms with E-state index in [-0.39, 0.29) is 5.48 Å². The number of hydrogen-bond donors (Lipinski definition) is 1. The van der Waals surface area contributed by atoms with E-state index in [1.54, 1.807) is 6.33 Å². The van der Waals surface area contributed by atoms with Crippen molar-refractivity contribution >= 4 is 17.5 Å². The Hall–Kier alpha value is -1.79. The molecular formula is C15H22ClN5O. The number of halogens is 1. The largest absolute Gasteiger partial charge is 0.412 e. The van der Waals surface area contributed by atoms with Crippen LogP contribution in [0.1, 0.15) is 25.3 Å². The van der Waals surface area contributed by atoms with Gasteiger partial charge >= 0.3 is 0 Å². The zero-order valence-electron chi connectivity index (χ0n) is 12.6. The molecule has 2 heterocycles. The lowest BCUT2D eigenvalue weighted by atomic mass is 9.89. The summed E-state index contributed by atoms with van der Waals surface area (Å²) in [5, 5.41) is 10.8. The lowest BCUT2D eigenvalue weighted by molar-refractivity contribution is 0.314. The first-order chi connectivity index (χ1) is 10.1. The highest BCUT2D eigenvalue weighted by Crippen LogP contribution is 2.25. The molecule has 3 rings (SSSR count). The summed E-state index contributed by atoms with van der Waals surface area (Å²) < 4.78 is 1.87. The fourth-order valence-electron chi connectivity index (χ4n) is 3.02. The van der Waals surface area contributed by atoms with Gasteiger partial charge in [-0.1, -0.05) is 23.7 Å². The molecule has 0 saturated carbocycles. The summed E-state index contributed by atoms with van der Waals surface area (Å²) in [7, 11) is 0. The minimum absolute atomic E-state index is 0. The number of nitrogen functional groups attached to an aromatic ring is 1. The number of aromatic nitrogens is 3. The molecule has 1 saturated heterocycles. The van der Waals surface area contributed by atoms with Gasteiger partial charge in [0.2, 0.25) is 5.95 Å². The molecule has 1 fully saturated rings. The SMILES string of the molecule is C[C@H]1CC[C@@H](Cc2ccc(Cl)cc2)CN1n1cnnc1N.O. The van der Waals surface area contributed by atoms with Gasteiger partial charge in [-0.15, -0.1) is 10.2 Å². The highest BCUT2D eigenvalue weighted by atomic mass is 35.5. The Balaban J connectivity index is 0.00000176. The van der Waals surface area contributed by atoms with Crippen LogP contribution in [0.4, 0.5) is 5.95 Å². The molecule has 1 aliphatic rings. The molecule has 0 bridgehead atoms. The normalized spacial score (nSPS) is 21.5. The van der Waals surface area contributed by atoms with Crippen LogP contribution < -0.4 is 10.7 Å². The summed E-state index contributed by atoms with van der Waals surface area (Å²) >= 11 is 5.94. The maximum Gasteiger partial charge on any atom is 0.240 e. The van der Waals surface area contributed by atoms with Crippen molar-refractivity contribution < 1.29 is 5.48 Å². The second-order valence-electron chi connectivity index (χ2n) is 5.78. The van der Waals surface area contributed by atoms with Gasteiger partial charge in [0.25, 0.3) is 0 Å². The lowest BCUT2D eigenvalue weighted by Gasteiger charge is -2.39. The van der Waals surface area contributed by atoms with E-state index in [1.165, 1.54) is 12.0 Å².